The zero-order chi connectivity index (χ0) is 11.2. The third kappa shape index (κ3) is 1.32. The van der Waals surface area contributed by atoms with Crippen molar-refractivity contribution in [2.75, 3.05) is 0 Å². The summed E-state index contributed by atoms with van der Waals surface area (Å²) in [6.07, 6.45) is 0.626. The van der Waals surface area contributed by atoms with Crippen molar-refractivity contribution in [3.05, 3.63) is 34.8 Å². The van der Waals surface area contributed by atoms with Crippen LogP contribution in [0.2, 0.25) is 0 Å². The number of rotatable bonds is 1. The molecule has 1 aromatic heterocycles. The summed E-state index contributed by atoms with van der Waals surface area (Å²) in [5.74, 6) is -2.89. The van der Waals surface area contributed by atoms with E-state index >= 15 is 0 Å². The van der Waals surface area contributed by atoms with Gasteiger partial charge in [-0.15, -0.1) is 0 Å². The van der Waals surface area contributed by atoms with Crippen LogP contribution in [0.15, 0.2) is 6.07 Å². The summed E-state index contributed by atoms with van der Waals surface area (Å²) in [6.45, 7) is 3.52. The number of aryl methyl sites for hydroxylation is 2. The van der Waals surface area contributed by atoms with Crippen LogP contribution in [0.1, 0.15) is 18.2 Å². The molecule has 0 amide bonds. The first-order chi connectivity index (χ1) is 7.06. The highest BCUT2D eigenvalue weighted by Gasteiger charge is 2.17. The van der Waals surface area contributed by atoms with Gasteiger partial charge in [0.2, 0.25) is 0 Å². The van der Waals surface area contributed by atoms with E-state index in [-0.39, 0.29) is 10.9 Å². The molecule has 2 rings (SSSR count). The zero-order valence-corrected chi connectivity index (χ0v) is 8.42. The number of fused-ring (bicyclic) bond motifs is 1. The first-order valence-electron chi connectivity index (χ1n) is 4.70. The van der Waals surface area contributed by atoms with Crippen molar-refractivity contribution in [2.45, 2.75) is 20.3 Å². The lowest BCUT2D eigenvalue weighted by Gasteiger charge is -1.97. The first kappa shape index (κ1) is 10.1. The predicted molar refractivity (Wildman–Crippen MR) is 52.3 cm³/mol. The molecule has 0 fully saturated rings. The maximum atomic E-state index is 13.4. The average Bonchev–Trinajstić information content (AvgIpc) is 2.53. The Morgan fingerprint density at radius 1 is 1.20 bits per heavy atom. The second-order valence-electron chi connectivity index (χ2n) is 3.49. The maximum Gasteiger partial charge on any atom is 0.168 e. The highest BCUT2D eigenvalue weighted by atomic mass is 19.2. The Balaban J connectivity index is 2.94. The molecule has 0 unspecified atom stereocenters. The van der Waals surface area contributed by atoms with Crippen LogP contribution in [-0.2, 0) is 6.42 Å². The number of hydrogen-bond donors (Lipinski definition) is 1. The Morgan fingerprint density at radius 2 is 1.87 bits per heavy atom. The van der Waals surface area contributed by atoms with Crippen LogP contribution < -0.4 is 0 Å². The van der Waals surface area contributed by atoms with Gasteiger partial charge in [-0.25, -0.2) is 13.2 Å². The quantitative estimate of drug-likeness (QED) is 0.698. The molecule has 0 aliphatic rings. The minimum absolute atomic E-state index is 0.0179. The number of benzene rings is 1. The summed E-state index contributed by atoms with van der Waals surface area (Å²) in [4.78, 5) is 2.77. The van der Waals surface area contributed by atoms with Gasteiger partial charge in [0, 0.05) is 17.1 Å². The molecular weight excluding hydrogens is 203 g/mol. The van der Waals surface area contributed by atoms with Crippen molar-refractivity contribution >= 4 is 10.9 Å². The lowest BCUT2D eigenvalue weighted by atomic mass is 10.1. The summed E-state index contributed by atoms with van der Waals surface area (Å²) >= 11 is 0. The van der Waals surface area contributed by atoms with Gasteiger partial charge in [-0.1, -0.05) is 6.92 Å². The fourth-order valence-corrected chi connectivity index (χ4v) is 1.82. The molecule has 1 N–H and O–H groups in total. The smallest absolute Gasteiger partial charge is 0.168 e. The van der Waals surface area contributed by atoms with Crippen molar-refractivity contribution in [3.8, 4) is 0 Å². The van der Waals surface area contributed by atoms with Crippen LogP contribution in [0.5, 0.6) is 0 Å². The Hall–Kier alpha value is -1.45. The van der Waals surface area contributed by atoms with Gasteiger partial charge in [-0.2, -0.15) is 0 Å². The molecule has 0 saturated carbocycles. The molecule has 80 valence electrons. The van der Waals surface area contributed by atoms with Crippen molar-refractivity contribution in [2.24, 2.45) is 0 Å². The predicted octanol–water partition coefficient (Wildman–Crippen LogP) is 3.46. The van der Waals surface area contributed by atoms with Crippen molar-refractivity contribution in [1.29, 1.82) is 0 Å². The summed E-state index contributed by atoms with van der Waals surface area (Å²) in [5.41, 5.74) is 1.35. The molecule has 0 atom stereocenters. The van der Waals surface area contributed by atoms with Crippen molar-refractivity contribution in [3.63, 3.8) is 0 Å². The second kappa shape index (κ2) is 3.29. The molecule has 1 heterocycles. The summed E-state index contributed by atoms with van der Waals surface area (Å²) < 4.78 is 39.7. The largest absolute Gasteiger partial charge is 0.356 e. The summed E-state index contributed by atoms with van der Waals surface area (Å²) in [5, 5.41) is 0.0179. The van der Waals surface area contributed by atoms with E-state index in [1.165, 1.54) is 0 Å². The Labute approximate surface area is 84.9 Å². The summed E-state index contributed by atoms with van der Waals surface area (Å²) in [6, 6.07) is 0.563. The molecule has 1 nitrogen and oxygen atoms in total. The molecule has 0 saturated heterocycles. The normalized spacial score (nSPS) is 11.3. The molecule has 2 aromatic rings. The van der Waals surface area contributed by atoms with E-state index in [4.69, 9.17) is 0 Å². The van der Waals surface area contributed by atoms with Gasteiger partial charge in [0.15, 0.2) is 11.6 Å². The van der Waals surface area contributed by atoms with Crippen molar-refractivity contribution < 1.29 is 13.2 Å². The summed E-state index contributed by atoms with van der Waals surface area (Å²) in [7, 11) is 0. The third-order valence-corrected chi connectivity index (χ3v) is 2.63. The van der Waals surface area contributed by atoms with E-state index < -0.39 is 17.5 Å². The van der Waals surface area contributed by atoms with Crippen LogP contribution in [0.4, 0.5) is 13.2 Å². The lowest BCUT2D eigenvalue weighted by Crippen LogP contribution is -1.89. The van der Waals surface area contributed by atoms with Gasteiger partial charge in [0.05, 0.1) is 5.52 Å². The highest BCUT2D eigenvalue weighted by Crippen LogP contribution is 2.28. The molecular formula is C11H10F3N. The Morgan fingerprint density at radius 3 is 2.47 bits per heavy atom. The van der Waals surface area contributed by atoms with Crippen molar-refractivity contribution in [1.82, 2.24) is 4.98 Å². The van der Waals surface area contributed by atoms with E-state index in [9.17, 15) is 13.2 Å². The van der Waals surface area contributed by atoms with Gasteiger partial charge in [0.25, 0.3) is 0 Å². The number of nitrogens with one attached hydrogen (secondary N) is 1. The van der Waals surface area contributed by atoms with Gasteiger partial charge >= 0.3 is 0 Å². The Kier molecular flexibility index (Phi) is 2.21. The van der Waals surface area contributed by atoms with Crippen LogP contribution in [0, 0.1) is 24.4 Å². The third-order valence-electron chi connectivity index (χ3n) is 2.63. The fraction of sp³-hybridized carbons (Fsp3) is 0.273. The standard InChI is InChI=1S/C11H10F3N/c1-3-8-5(2)9-10(14)6(12)4-7(13)11(9)15-8/h4,15H,3H2,1-2H3. The van der Waals surface area contributed by atoms with Crippen LogP contribution in [0.25, 0.3) is 10.9 Å². The van der Waals surface area contributed by atoms with Crippen LogP contribution in [-0.4, -0.2) is 4.98 Å². The van der Waals surface area contributed by atoms with Gasteiger partial charge < -0.3 is 4.98 Å². The first-order valence-corrected chi connectivity index (χ1v) is 4.70. The Bertz CT molecular complexity index is 528. The topological polar surface area (TPSA) is 15.8 Å². The molecule has 0 radical (unpaired) electrons. The van der Waals surface area contributed by atoms with E-state index in [0.29, 0.717) is 18.1 Å². The van der Waals surface area contributed by atoms with Crippen LogP contribution >= 0.6 is 0 Å². The molecule has 4 heteroatoms. The maximum absolute atomic E-state index is 13.4. The second-order valence-corrected chi connectivity index (χ2v) is 3.49. The fourth-order valence-electron chi connectivity index (χ4n) is 1.82. The van der Waals surface area contributed by atoms with E-state index in [2.05, 4.69) is 4.98 Å². The van der Waals surface area contributed by atoms with Gasteiger partial charge in [-0.3, -0.25) is 0 Å². The number of H-pyrrole nitrogens is 1. The molecule has 1 aromatic carbocycles. The van der Waals surface area contributed by atoms with E-state index in [1.54, 1.807) is 6.92 Å². The molecule has 0 aliphatic heterocycles. The minimum atomic E-state index is -1.15. The number of hydrogen-bond acceptors (Lipinski definition) is 0. The van der Waals surface area contributed by atoms with Gasteiger partial charge in [0.1, 0.15) is 5.82 Å². The number of aromatic nitrogens is 1. The van der Waals surface area contributed by atoms with E-state index in [0.717, 1.165) is 5.69 Å². The molecule has 0 spiro atoms. The molecule has 0 bridgehead atoms. The van der Waals surface area contributed by atoms with Crippen LogP contribution in [0.3, 0.4) is 0 Å². The number of aromatic amines is 1. The van der Waals surface area contributed by atoms with E-state index in [1.807, 2.05) is 6.92 Å². The molecule has 0 aliphatic carbocycles. The SMILES string of the molecule is CCc1[nH]c2c(F)cc(F)c(F)c2c1C. The lowest BCUT2D eigenvalue weighted by molar-refractivity contribution is 0.505. The van der Waals surface area contributed by atoms with Gasteiger partial charge in [-0.05, 0) is 18.9 Å². The average molecular weight is 213 g/mol. The monoisotopic (exact) mass is 213 g/mol. The number of halogens is 3. The highest BCUT2D eigenvalue weighted by molar-refractivity contribution is 5.85. The molecule has 15 heavy (non-hydrogen) atoms. The minimum Gasteiger partial charge on any atom is -0.356 e. The zero-order valence-electron chi connectivity index (χ0n) is 8.42.